The molecule has 1 saturated carbocycles. The molecule has 0 aromatic rings. The maximum Gasteiger partial charge on any atom is 0.0251 e. The lowest BCUT2D eigenvalue weighted by Gasteiger charge is -2.44. The first-order chi connectivity index (χ1) is 8.47. The molecule has 0 amide bonds. The number of nitrogens with one attached hydrogen (secondary N) is 1. The van der Waals surface area contributed by atoms with E-state index >= 15 is 0 Å². The Hall–Kier alpha value is -0.0800. The van der Waals surface area contributed by atoms with E-state index in [1.165, 1.54) is 32.2 Å². The third-order valence-electron chi connectivity index (χ3n) is 4.87. The molecule has 1 fully saturated rings. The van der Waals surface area contributed by atoms with Crippen LogP contribution in [0.3, 0.4) is 0 Å². The number of likely N-dealkylation sites (N-methyl/N-ethyl adjacent to an activating group) is 1. The molecule has 0 aliphatic heterocycles. The fourth-order valence-electron chi connectivity index (χ4n) is 3.14. The third-order valence-corrected chi connectivity index (χ3v) is 4.87. The van der Waals surface area contributed by atoms with Gasteiger partial charge in [-0.15, -0.1) is 0 Å². The number of rotatable bonds is 6. The predicted molar refractivity (Wildman–Crippen MR) is 80.9 cm³/mol. The van der Waals surface area contributed by atoms with Gasteiger partial charge in [-0.05, 0) is 58.0 Å². The van der Waals surface area contributed by atoms with Gasteiger partial charge in [-0.25, -0.2) is 0 Å². The van der Waals surface area contributed by atoms with Gasteiger partial charge in [0.1, 0.15) is 0 Å². The fourth-order valence-corrected chi connectivity index (χ4v) is 3.14. The fraction of sp³-hybridized carbons (Fsp3) is 1.00. The van der Waals surface area contributed by atoms with Gasteiger partial charge in [0.25, 0.3) is 0 Å². The smallest absolute Gasteiger partial charge is 0.0251 e. The Kier molecular flexibility index (Phi) is 6.65. The minimum Gasteiger partial charge on any atom is -0.312 e. The summed E-state index contributed by atoms with van der Waals surface area (Å²) in [6.45, 7) is 12.9. The number of nitrogens with zero attached hydrogens (tertiary/aromatic N) is 1. The van der Waals surface area contributed by atoms with Gasteiger partial charge in [-0.3, -0.25) is 4.90 Å². The van der Waals surface area contributed by atoms with Crippen LogP contribution < -0.4 is 5.32 Å². The van der Waals surface area contributed by atoms with E-state index in [1.54, 1.807) is 0 Å². The minimum atomic E-state index is 0.672. The molecule has 2 nitrogen and oxygen atoms in total. The maximum absolute atomic E-state index is 3.77. The second-order valence-electron chi connectivity index (χ2n) is 6.70. The van der Waals surface area contributed by atoms with Crippen LogP contribution in [0, 0.1) is 11.8 Å². The SMILES string of the molecule is CCCNC1CCC(C)CC1N(C)C(C)C(C)C. The van der Waals surface area contributed by atoms with Crippen molar-refractivity contribution in [1.82, 2.24) is 10.2 Å². The summed E-state index contributed by atoms with van der Waals surface area (Å²) in [6, 6.07) is 2.09. The van der Waals surface area contributed by atoms with Gasteiger partial charge in [0.2, 0.25) is 0 Å². The van der Waals surface area contributed by atoms with E-state index in [-0.39, 0.29) is 0 Å². The lowest BCUT2D eigenvalue weighted by Crippen LogP contribution is -2.55. The van der Waals surface area contributed by atoms with E-state index in [1.807, 2.05) is 0 Å². The topological polar surface area (TPSA) is 15.3 Å². The van der Waals surface area contributed by atoms with Crippen LogP contribution in [-0.4, -0.2) is 36.6 Å². The van der Waals surface area contributed by atoms with Crippen molar-refractivity contribution < 1.29 is 0 Å². The van der Waals surface area contributed by atoms with Crippen molar-refractivity contribution in [2.45, 2.75) is 78.4 Å². The zero-order valence-corrected chi connectivity index (χ0v) is 13.4. The monoisotopic (exact) mass is 254 g/mol. The van der Waals surface area contributed by atoms with Crippen molar-refractivity contribution in [1.29, 1.82) is 0 Å². The molecular weight excluding hydrogens is 220 g/mol. The highest BCUT2D eigenvalue weighted by Crippen LogP contribution is 2.29. The Labute approximate surface area is 115 Å². The lowest BCUT2D eigenvalue weighted by atomic mass is 9.81. The van der Waals surface area contributed by atoms with Crippen molar-refractivity contribution >= 4 is 0 Å². The average molecular weight is 254 g/mol. The van der Waals surface area contributed by atoms with Gasteiger partial charge < -0.3 is 5.32 Å². The molecule has 18 heavy (non-hydrogen) atoms. The van der Waals surface area contributed by atoms with Gasteiger partial charge >= 0.3 is 0 Å². The highest BCUT2D eigenvalue weighted by Gasteiger charge is 2.33. The second kappa shape index (κ2) is 7.49. The molecule has 0 bridgehead atoms. The first kappa shape index (κ1) is 16.0. The molecule has 1 aliphatic carbocycles. The summed E-state index contributed by atoms with van der Waals surface area (Å²) in [4.78, 5) is 2.63. The molecule has 0 aromatic carbocycles. The third kappa shape index (κ3) is 4.24. The van der Waals surface area contributed by atoms with Gasteiger partial charge in [0, 0.05) is 18.1 Å². The Balaban J connectivity index is 2.65. The van der Waals surface area contributed by atoms with Gasteiger partial charge in [-0.1, -0.05) is 27.7 Å². The molecule has 0 spiro atoms. The zero-order chi connectivity index (χ0) is 13.7. The molecule has 1 N–H and O–H groups in total. The Morgan fingerprint density at radius 3 is 2.44 bits per heavy atom. The standard InChI is InChI=1S/C16H34N2/c1-7-10-17-15-9-8-13(4)11-16(15)18(6)14(5)12(2)3/h12-17H,7-11H2,1-6H3. The normalized spacial score (nSPS) is 31.0. The Bertz CT molecular complexity index is 225. The van der Waals surface area contributed by atoms with Gasteiger partial charge in [0.15, 0.2) is 0 Å². The Morgan fingerprint density at radius 2 is 1.89 bits per heavy atom. The second-order valence-corrected chi connectivity index (χ2v) is 6.70. The van der Waals surface area contributed by atoms with E-state index in [2.05, 4.69) is 51.9 Å². The molecule has 2 heteroatoms. The van der Waals surface area contributed by atoms with Crippen LogP contribution in [0.2, 0.25) is 0 Å². The highest BCUT2D eigenvalue weighted by atomic mass is 15.2. The van der Waals surface area contributed by atoms with Crippen LogP contribution in [0.5, 0.6) is 0 Å². The molecule has 1 aliphatic rings. The van der Waals surface area contributed by atoms with Crippen LogP contribution in [0.15, 0.2) is 0 Å². The zero-order valence-electron chi connectivity index (χ0n) is 13.4. The summed E-state index contributed by atoms with van der Waals surface area (Å²) in [5.41, 5.74) is 0. The molecule has 4 unspecified atom stereocenters. The molecule has 0 radical (unpaired) electrons. The molecule has 108 valence electrons. The minimum absolute atomic E-state index is 0.672. The maximum atomic E-state index is 3.77. The van der Waals surface area contributed by atoms with E-state index in [4.69, 9.17) is 0 Å². The predicted octanol–water partition coefficient (Wildman–Crippen LogP) is 3.52. The Morgan fingerprint density at radius 1 is 1.22 bits per heavy atom. The largest absolute Gasteiger partial charge is 0.312 e. The number of hydrogen-bond acceptors (Lipinski definition) is 2. The molecule has 0 saturated heterocycles. The lowest BCUT2D eigenvalue weighted by molar-refractivity contribution is 0.0756. The van der Waals surface area contributed by atoms with Crippen LogP contribution >= 0.6 is 0 Å². The van der Waals surface area contributed by atoms with Crippen molar-refractivity contribution in [3.63, 3.8) is 0 Å². The summed E-state index contributed by atoms with van der Waals surface area (Å²) >= 11 is 0. The molecule has 0 heterocycles. The summed E-state index contributed by atoms with van der Waals surface area (Å²) in [6.07, 6.45) is 5.33. The van der Waals surface area contributed by atoms with E-state index in [0.29, 0.717) is 12.1 Å². The van der Waals surface area contributed by atoms with E-state index < -0.39 is 0 Å². The highest BCUT2D eigenvalue weighted by molar-refractivity contribution is 4.91. The van der Waals surface area contributed by atoms with Gasteiger partial charge in [-0.2, -0.15) is 0 Å². The molecule has 4 atom stereocenters. The quantitative estimate of drug-likeness (QED) is 0.780. The van der Waals surface area contributed by atoms with Crippen LogP contribution in [-0.2, 0) is 0 Å². The number of hydrogen-bond donors (Lipinski definition) is 1. The van der Waals surface area contributed by atoms with Crippen molar-refractivity contribution in [3.05, 3.63) is 0 Å². The molecule has 0 aromatic heterocycles. The van der Waals surface area contributed by atoms with Crippen LogP contribution in [0.1, 0.15) is 60.3 Å². The average Bonchev–Trinajstić information content (AvgIpc) is 2.35. The van der Waals surface area contributed by atoms with Gasteiger partial charge in [0.05, 0.1) is 0 Å². The van der Waals surface area contributed by atoms with Crippen molar-refractivity contribution in [2.75, 3.05) is 13.6 Å². The van der Waals surface area contributed by atoms with Crippen molar-refractivity contribution in [2.24, 2.45) is 11.8 Å². The molecular formula is C16H34N2. The first-order valence-electron chi connectivity index (χ1n) is 7.92. The van der Waals surface area contributed by atoms with E-state index in [0.717, 1.165) is 17.9 Å². The summed E-state index contributed by atoms with van der Waals surface area (Å²) < 4.78 is 0. The summed E-state index contributed by atoms with van der Waals surface area (Å²) in [5.74, 6) is 1.62. The molecule has 1 rings (SSSR count). The van der Waals surface area contributed by atoms with Crippen molar-refractivity contribution in [3.8, 4) is 0 Å². The summed E-state index contributed by atoms with van der Waals surface area (Å²) in [7, 11) is 2.33. The summed E-state index contributed by atoms with van der Waals surface area (Å²) in [5, 5.41) is 3.77. The van der Waals surface area contributed by atoms with E-state index in [9.17, 15) is 0 Å². The van der Waals surface area contributed by atoms with Crippen LogP contribution in [0.4, 0.5) is 0 Å². The first-order valence-corrected chi connectivity index (χ1v) is 7.92. The van der Waals surface area contributed by atoms with Crippen LogP contribution in [0.25, 0.3) is 0 Å².